The van der Waals surface area contributed by atoms with E-state index in [2.05, 4.69) is 24.0 Å². The highest BCUT2D eigenvalue weighted by Gasteiger charge is 2.47. The third-order valence-corrected chi connectivity index (χ3v) is 7.81. The molecular weight excluding hydrogens is 472 g/mol. The van der Waals surface area contributed by atoms with Crippen LogP contribution >= 0.6 is 0 Å². The summed E-state index contributed by atoms with van der Waals surface area (Å²) >= 11 is 0. The van der Waals surface area contributed by atoms with Crippen molar-refractivity contribution in [3.63, 3.8) is 0 Å². The van der Waals surface area contributed by atoms with E-state index >= 15 is 0 Å². The van der Waals surface area contributed by atoms with E-state index in [4.69, 9.17) is 0 Å². The van der Waals surface area contributed by atoms with Crippen LogP contribution in [-0.4, -0.2) is 46.6 Å². The van der Waals surface area contributed by atoms with E-state index in [9.17, 15) is 14.7 Å². The van der Waals surface area contributed by atoms with E-state index in [1.807, 2.05) is 79.4 Å². The largest absolute Gasteiger partial charge is 0.388 e. The third kappa shape index (κ3) is 6.16. The zero-order valence-electron chi connectivity index (χ0n) is 22.6. The van der Waals surface area contributed by atoms with Crippen LogP contribution < -0.4 is 5.32 Å². The fourth-order valence-electron chi connectivity index (χ4n) is 5.80. The van der Waals surface area contributed by atoms with Crippen LogP contribution in [0.4, 0.5) is 0 Å². The molecule has 2 aromatic carbocycles. The molecule has 1 saturated carbocycles. The summed E-state index contributed by atoms with van der Waals surface area (Å²) in [6.07, 6.45) is 10.1. The van der Waals surface area contributed by atoms with E-state index < -0.39 is 18.1 Å². The Kier molecular flexibility index (Phi) is 9.35. The molecule has 3 atom stereocenters. The van der Waals surface area contributed by atoms with Crippen LogP contribution in [0.2, 0.25) is 0 Å². The van der Waals surface area contributed by atoms with Gasteiger partial charge in [0, 0.05) is 24.6 Å². The number of aliphatic hydroxyl groups excluding tert-OH is 1. The summed E-state index contributed by atoms with van der Waals surface area (Å²) in [6.45, 7) is 8.20. The molecule has 5 heteroatoms. The molecule has 2 N–H and O–H groups in total. The van der Waals surface area contributed by atoms with Crippen LogP contribution in [0.15, 0.2) is 90.6 Å². The van der Waals surface area contributed by atoms with Crippen molar-refractivity contribution in [3.8, 4) is 0 Å². The van der Waals surface area contributed by atoms with E-state index in [0.29, 0.717) is 24.1 Å². The summed E-state index contributed by atoms with van der Waals surface area (Å²) < 4.78 is 0. The van der Waals surface area contributed by atoms with Gasteiger partial charge in [0.2, 0.25) is 5.91 Å². The number of nitrogens with one attached hydrogen (secondary N) is 1. The van der Waals surface area contributed by atoms with Crippen molar-refractivity contribution in [2.45, 2.75) is 76.5 Å². The molecule has 38 heavy (non-hydrogen) atoms. The first kappa shape index (κ1) is 27.6. The summed E-state index contributed by atoms with van der Waals surface area (Å²) in [4.78, 5) is 30.1. The lowest BCUT2D eigenvalue weighted by atomic mass is 9.76. The maximum Gasteiger partial charge on any atom is 0.254 e. The van der Waals surface area contributed by atoms with Crippen LogP contribution in [-0.2, 0) is 11.2 Å². The topological polar surface area (TPSA) is 69.6 Å². The Morgan fingerprint density at radius 2 is 1.82 bits per heavy atom. The molecule has 1 aliphatic heterocycles. The fraction of sp³-hybridized carbons (Fsp3) is 0.394. The molecule has 1 heterocycles. The lowest BCUT2D eigenvalue weighted by Gasteiger charge is -2.46. The van der Waals surface area contributed by atoms with Gasteiger partial charge in [-0.3, -0.25) is 9.59 Å². The van der Waals surface area contributed by atoms with Crippen molar-refractivity contribution < 1.29 is 14.7 Å². The molecule has 0 saturated heterocycles. The van der Waals surface area contributed by atoms with Gasteiger partial charge < -0.3 is 15.3 Å². The molecule has 0 aromatic heterocycles. The van der Waals surface area contributed by atoms with E-state index in [1.165, 1.54) is 0 Å². The van der Waals surface area contributed by atoms with Gasteiger partial charge in [-0.15, -0.1) is 0 Å². The number of allylic oxidation sites excluding steroid dienone is 3. The maximum atomic E-state index is 14.1. The predicted octanol–water partition coefficient (Wildman–Crippen LogP) is 5.73. The number of benzene rings is 2. The third-order valence-electron chi connectivity index (χ3n) is 7.81. The second-order valence-corrected chi connectivity index (χ2v) is 10.5. The zero-order valence-corrected chi connectivity index (χ0v) is 22.6. The molecular formula is C33H40N2O3. The second-order valence-electron chi connectivity index (χ2n) is 10.5. The van der Waals surface area contributed by atoms with Crippen LogP contribution in [0.1, 0.15) is 73.4 Å². The fourth-order valence-corrected chi connectivity index (χ4v) is 5.80. The van der Waals surface area contributed by atoms with Crippen molar-refractivity contribution in [2.75, 3.05) is 6.54 Å². The molecule has 2 aromatic rings. The SMILES string of the molecule is C=C(C)C(O)C/C(=C\C=C/C)[C@H]1[C@H](C(=O)NCCc2ccccc2)c2ccccc2C(=O)N1C1CCCC1. The number of nitrogens with zero attached hydrogens (tertiary/aromatic N) is 1. The molecule has 0 bridgehead atoms. The molecule has 4 rings (SSSR count). The quantitative estimate of drug-likeness (QED) is 0.316. The molecule has 2 amide bonds. The standard InChI is InChI=1S/C33H40N2O3/c1-4-5-15-25(22-29(36)23(2)3)31-30(32(37)34-21-20-24-13-7-6-8-14-24)27-18-11-12-19-28(27)33(38)35(31)26-16-9-10-17-26/h4-8,11-15,18-19,26,29-31,36H,2,9-10,16-17,20-22H2,1,3H3,(H,34,37)/b5-4-,25-15+/t29?,30-,31+/m1/s1. The first-order valence-electron chi connectivity index (χ1n) is 13.8. The van der Waals surface area contributed by atoms with E-state index in [1.54, 1.807) is 0 Å². The summed E-state index contributed by atoms with van der Waals surface area (Å²) in [6, 6.07) is 17.2. The Balaban J connectivity index is 1.77. The molecule has 200 valence electrons. The van der Waals surface area contributed by atoms with Gasteiger partial charge in [-0.25, -0.2) is 0 Å². The lowest BCUT2D eigenvalue weighted by molar-refractivity contribution is -0.124. The zero-order chi connectivity index (χ0) is 27.1. The Morgan fingerprint density at radius 3 is 2.50 bits per heavy atom. The van der Waals surface area contributed by atoms with Crippen molar-refractivity contribution in [1.29, 1.82) is 0 Å². The number of carbonyl (C=O) groups excluding carboxylic acids is 2. The summed E-state index contributed by atoms with van der Waals surface area (Å²) in [7, 11) is 0. The van der Waals surface area contributed by atoms with Crippen molar-refractivity contribution in [3.05, 3.63) is 107 Å². The minimum absolute atomic E-state index is 0.0259. The molecule has 0 spiro atoms. The molecule has 1 unspecified atom stereocenters. The Labute approximate surface area is 226 Å². The molecule has 1 fully saturated rings. The van der Waals surface area contributed by atoms with Crippen LogP contribution in [0.5, 0.6) is 0 Å². The van der Waals surface area contributed by atoms with Gasteiger partial charge in [0.25, 0.3) is 5.91 Å². The number of hydrogen-bond acceptors (Lipinski definition) is 3. The Hall–Kier alpha value is -3.44. The average Bonchev–Trinajstić information content (AvgIpc) is 3.46. The van der Waals surface area contributed by atoms with Crippen LogP contribution in [0.3, 0.4) is 0 Å². The maximum absolute atomic E-state index is 14.1. The van der Waals surface area contributed by atoms with E-state index in [-0.39, 0.29) is 17.9 Å². The van der Waals surface area contributed by atoms with Gasteiger partial charge in [-0.1, -0.05) is 91.8 Å². The molecule has 2 aliphatic rings. The number of rotatable bonds is 10. The van der Waals surface area contributed by atoms with Gasteiger partial charge in [0.05, 0.1) is 18.1 Å². The van der Waals surface area contributed by atoms with Crippen molar-refractivity contribution >= 4 is 11.8 Å². The van der Waals surface area contributed by atoms with Crippen LogP contribution in [0, 0.1) is 0 Å². The predicted molar refractivity (Wildman–Crippen MR) is 153 cm³/mol. The number of hydrogen-bond donors (Lipinski definition) is 2. The van der Waals surface area contributed by atoms with E-state index in [0.717, 1.165) is 48.8 Å². The Morgan fingerprint density at radius 1 is 1.13 bits per heavy atom. The lowest BCUT2D eigenvalue weighted by Crippen LogP contribution is -2.56. The number of carbonyl (C=O) groups is 2. The number of amides is 2. The monoisotopic (exact) mass is 512 g/mol. The second kappa shape index (κ2) is 12.9. The normalized spacial score (nSPS) is 21.0. The van der Waals surface area contributed by atoms with Gasteiger partial charge in [-0.05, 0) is 55.9 Å². The minimum atomic E-state index is -0.758. The Bertz CT molecular complexity index is 1190. The summed E-state index contributed by atoms with van der Waals surface area (Å²) in [5, 5.41) is 14.0. The van der Waals surface area contributed by atoms with Gasteiger partial charge >= 0.3 is 0 Å². The molecule has 0 radical (unpaired) electrons. The van der Waals surface area contributed by atoms with Gasteiger partial charge in [-0.2, -0.15) is 0 Å². The summed E-state index contributed by atoms with van der Waals surface area (Å²) in [5.74, 6) is -0.693. The van der Waals surface area contributed by atoms with Crippen molar-refractivity contribution in [1.82, 2.24) is 10.2 Å². The highest BCUT2D eigenvalue weighted by atomic mass is 16.3. The van der Waals surface area contributed by atoms with Crippen molar-refractivity contribution in [2.24, 2.45) is 0 Å². The van der Waals surface area contributed by atoms with Gasteiger partial charge in [0.1, 0.15) is 0 Å². The van der Waals surface area contributed by atoms with Crippen LogP contribution in [0.25, 0.3) is 0 Å². The number of fused-ring (bicyclic) bond motifs is 1. The highest BCUT2D eigenvalue weighted by molar-refractivity contribution is 6.02. The first-order valence-corrected chi connectivity index (χ1v) is 13.8. The first-order chi connectivity index (χ1) is 18.4. The minimum Gasteiger partial charge on any atom is -0.388 e. The average molecular weight is 513 g/mol. The molecule has 5 nitrogen and oxygen atoms in total. The molecule has 1 aliphatic carbocycles. The highest BCUT2D eigenvalue weighted by Crippen LogP contribution is 2.42. The van der Waals surface area contributed by atoms with Gasteiger partial charge in [0.15, 0.2) is 0 Å². The number of aliphatic hydroxyl groups is 1. The summed E-state index contributed by atoms with van der Waals surface area (Å²) in [5.41, 5.74) is 4.05. The smallest absolute Gasteiger partial charge is 0.254 e.